The number of hydrogen-bond donors (Lipinski definition) is 1. The van der Waals surface area contributed by atoms with Gasteiger partial charge in [0.15, 0.2) is 5.92 Å². The molecule has 0 aromatic heterocycles. The van der Waals surface area contributed by atoms with Crippen molar-refractivity contribution in [2.75, 3.05) is 0 Å². The Bertz CT molecular complexity index is 671. The lowest BCUT2D eigenvalue weighted by atomic mass is 9.85. The van der Waals surface area contributed by atoms with Crippen LogP contribution in [0.1, 0.15) is 17.9 Å². The average molecular weight is 262 g/mol. The maximum absolute atomic E-state index is 12.1. The highest BCUT2D eigenvalue weighted by molar-refractivity contribution is 5.87. The van der Waals surface area contributed by atoms with E-state index < -0.39 is 11.8 Å². The van der Waals surface area contributed by atoms with Gasteiger partial charge < -0.3 is 5.32 Å². The normalized spacial score (nSPS) is 17.9. The quantitative estimate of drug-likeness (QED) is 0.876. The fourth-order valence-corrected chi connectivity index (χ4v) is 2.17. The molecule has 5 heteroatoms. The summed E-state index contributed by atoms with van der Waals surface area (Å²) in [5, 5.41) is 29.5. The van der Waals surface area contributed by atoms with Gasteiger partial charge in [-0.1, -0.05) is 30.3 Å². The molecule has 0 spiro atoms. The number of hydrogen-bond acceptors (Lipinski definition) is 4. The Hall–Kier alpha value is -3.10. The summed E-state index contributed by atoms with van der Waals surface area (Å²) in [4.78, 5) is 12.1. The molecular formula is C15H10N4O. The number of allylic oxidation sites excluding steroid dienone is 2. The van der Waals surface area contributed by atoms with Gasteiger partial charge in [0, 0.05) is 0 Å². The Morgan fingerprint density at radius 3 is 2.35 bits per heavy atom. The number of benzene rings is 1. The lowest BCUT2D eigenvalue weighted by molar-refractivity contribution is -0.122. The molecule has 1 unspecified atom stereocenters. The Morgan fingerprint density at radius 2 is 1.80 bits per heavy atom. The summed E-state index contributed by atoms with van der Waals surface area (Å²) in [6.07, 6.45) is 0.210. The third kappa shape index (κ3) is 2.36. The minimum Gasteiger partial charge on any atom is -0.326 e. The van der Waals surface area contributed by atoms with Crippen molar-refractivity contribution in [3.8, 4) is 18.2 Å². The van der Waals surface area contributed by atoms with E-state index >= 15 is 0 Å². The van der Waals surface area contributed by atoms with Gasteiger partial charge in [0.2, 0.25) is 5.91 Å². The van der Waals surface area contributed by atoms with Crippen molar-refractivity contribution in [2.24, 2.45) is 5.92 Å². The van der Waals surface area contributed by atoms with Crippen LogP contribution in [0.15, 0.2) is 41.6 Å². The molecule has 96 valence electrons. The van der Waals surface area contributed by atoms with E-state index in [1.54, 1.807) is 12.1 Å². The van der Waals surface area contributed by atoms with Gasteiger partial charge in [0.05, 0.1) is 35.4 Å². The number of rotatable bonds is 2. The highest BCUT2D eigenvalue weighted by atomic mass is 16.2. The molecule has 1 heterocycles. The summed E-state index contributed by atoms with van der Waals surface area (Å²) in [5.74, 6) is -1.88. The van der Waals surface area contributed by atoms with Gasteiger partial charge in [-0.15, -0.1) is 0 Å². The Morgan fingerprint density at radius 1 is 1.15 bits per heavy atom. The molecule has 1 aromatic rings. The van der Waals surface area contributed by atoms with Gasteiger partial charge in [0.25, 0.3) is 0 Å². The average Bonchev–Trinajstić information content (AvgIpc) is 2.49. The van der Waals surface area contributed by atoms with Crippen LogP contribution in [0.4, 0.5) is 0 Å². The first-order valence-electron chi connectivity index (χ1n) is 5.99. The van der Waals surface area contributed by atoms with Crippen LogP contribution in [-0.2, 0) is 4.79 Å². The summed E-state index contributed by atoms with van der Waals surface area (Å²) in [6.45, 7) is 0. The zero-order valence-corrected chi connectivity index (χ0v) is 10.5. The number of nitriles is 3. The fourth-order valence-electron chi connectivity index (χ4n) is 2.17. The third-order valence-corrected chi connectivity index (χ3v) is 3.19. The van der Waals surface area contributed by atoms with E-state index in [1.807, 2.05) is 36.4 Å². The highest BCUT2D eigenvalue weighted by Gasteiger charge is 2.32. The minimum absolute atomic E-state index is 0.120. The molecule has 0 bridgehead atoms. The van der Waals surface area contributed by atoms with Crippen LogP contribution in [0.5, 0.6) is 0 Å². The molecule has 1 atom stereocenters. The molecule has 0 fully saturated rings. The number of carbonyl (C=O) groups excluding carboxylic acids is 1. The van der Waals surface area contributed by atoms with Crippen LogP contribution in [-0.4, -0.2) is 5.91 Å². The predicted octanol–water partition coefficient (Wildman–Crippen LogP) is 1.73. The van der Waals surface area contributed by atoms with E-state index in [1.165, 1.54) is 0 Å². The van der Waals surface area contributed by atoms with Crippen LogP contribution in [0, 0.1) is 39.9 Å². The Kier molecular flexibility index (Phi) is 3.80. The van der Waals surface area contributed by atoms with E-state index in [0.717, 1.165) is 5.56 Å². The Labute approximate surface area is 116 Å². The first-order valence-corrected chi connectivity index (χ1v) is 5.99. The van der Waals surface area contributed by atoms with Gasteiger partial charge in [-0.3, -0.25) is 4.79 Å². The molecule has 0 aliphatic carbocycles. The molecule has 0 radical (unpaired) electrons. The minimum atomic E-state index is -1.12. The summed E-state index contributed by atoms with van der Waals surface area (Å²) in [6, 6.07) is 14.7. The van der Waals surface area contributed by atoms with Crippen LogP contribution < -0.4 is 5.32 Å². The first kappa shape index (κ1) is 13.3. The second kappa shape index (κ2) is 5.69. The second-order valence-electron chi connectivity index (χ2n) is 4.35. The molecule has 5 nitrogen and oxygen atoms in total. The van der Waals surface area contributed by atoms with Crippen LogP contribution in [0.3, 0.4) is 0 Å². The topological polar surface area (TPSA) is 100 Å². The van der Waals surface area contributed by atoms with Gasteiger partial charge in [-0.05, 0) is 12.0 Å². The first-order chi connectivity index (χ1) is 9.71. The molecule has 0 saturated carbocycles. The smallest absolute Gasteiger partial charge is 0.232 e. The van der Waals surface area contributed by atoms with E-state index in [0.29, 0.717) is 0 Å². The maximum atomic E-state index is 12.1. The second-order valence-corrected chi connectivity index (χ2v) is 4.35. The fraction of sp³-hybridized carbons (Fsp3) is 0.200. The molecule has 1 aliphatic rings. The summed E-state index contributed by atoms with van der Waals surface area (Å²) >= 11 is 0. The third-order valence-electron chi connectivity index (χ3n) is 3.19. The van der Waals surface area contributed by atoms with Gasteiger partial charge in [-0.2, -0.15) is 15.8 Å². The van der Waals surface area contributed by atoms with Crippen molar-refractivity contribution < 1.29 is 4.79 Å². The van der Waals surface area contributed by atoms with E-state index in [2.05, 4.69) is 5.32 Å². The summed E-state index contributed by atoms with van der Waals surface area (Å²) < 4.78 is 0. The van der Waals surface area contributed by atoms with Crippen molar-refractivity contribution >= 4 is 5.91 Å². The predicted molar refractivity (Wildman–Crippen MR) is 69.3 cm³/mol. The van der Waals surface area contributed by atoms with E-state index in [4.69, 9.17) is 10.5 Å². The van der Waals surface area contributed by atoms with Gasteiger partial charge >= 0.3 is 0 Å². The van der Waals surface area contributed by atoms with Crippen LogP contribution >= 0.6 is 0 Å². The van der Waals surface area contributed by atoms with Crippen LogP contribution in [0.25, 0.3) is 0 Å². The maximum Gasteiger partial charge on any atom is 0.232 e. The lowest BCUT2D eigenvalue weighted by Crippen LogP contribution is -2.36. The number of nitrogens with one attached hydrogen (secondary N) is 1. The molecule has 20 heavy (non-hydrogen) atoms. The molecule has 0 saturated heterocycles. The van der Waals surface area contributed by atoms with Crippen LogP contribution in [0.2, 0.25) is 0 Å². The number of carbonyl (C=O) groups is 1. The van der Waals surface area contributed by atoms with Gasteiger partial charge in [0.1, 0.15) is 0 Å². The van der Waals surface area contributed by atoms with Crippen molar-refractivity contribution in [1.82, 2.24) is 5.32 Å². The molecule has 2 rings (SSSR count). The van der Waals surface area contributed by atoms with Crippen molar-refractivity contribution in [3.63, 3.8) is 0 Å². The van der Waals surface area contributed by atoms with E-state index in [-0.39, 0.29) is 23.6 Å². The largest absolute Gasteiger partial charge is 0.326 e. The number of amides is 1. The zero-order valence-electron chi connectivity index (χ0n) is 10.5. The Balaban J connectivity index is 2.40. The summed E-state index contributed by atoms with van der Waals surface area (Å²) in [5.41, 5.74) is 1.21. The van der Waals surface area contributed by atoms with Crippen molar-refractivity contribution in [2.45, 2.75) is 12.3 Å². The molecule has 1 amide bonds. The zero-order chi connectivity index (χ0) is 14.5. The van der Waals surface area contributed by atoms with Crippen molar-refractivity contribution in [3.05, 3.63) is 47.2 Å². The monoisotopic (exact) mass is 262 g/mol. The molecule has 1 aromatic carbocycles. The van der Waals surface area contributed by atoms with Gasteiger partial charge in [-0.25, -0.2) is 0 Å². The highest BCUT2D eigenvalue weighted by Crippen LogP contribution is 2.31. The number of nitrogens with zero attached hydrogens (tertiary/aromatic N) is 3. The summed E-state index contributed by atoms with van der Waals surface area (Å²) in [7, 11) is 0. The SMILES string of the molecule is N#CC1=C(C(C#N)C#N)NC(=O)C(c2ccccc2)C1. The molecule has 1 aliphatic heterocycles. The van der Waals surface area contributed by atoms with E-state index in [9.17, 15) is 10.1 Å². The lowest BCUT2D eigenvalue weighted by Gasteiger charge is -2.25. The standard InChI is InChI=1S/C15H10N4O/c16-7-11-6-13(10-4-2-1-3-5-10)15(20)19-14(11)12(8-17)9-18/h1-5,12-13H,6H2,(H,19,20). The van der Waals surface area contributed by atoms with Crippen molar-refractivity contribution in [1.29, 1.82) is 15.8 Å². The molecular weight excluding hydrogens is 252 g/mol. The molecule has 1 N–H and O–H groups in total.